The molecule has 0 saturated carbocycles. The SMILES string of the molecule is Cn1c(=O)oc2ccc(-c3ncc(CC(C#N)NC(=O)C4CNCCCO4)cn3)cc21. The van der Waals surface area contributed by atoms with E-state index in [0.717, 1.165) is 18.5 Å². The van der Waals surface area contributed by atoms with Gasteiger partial charge < -0.3 is 19.8 Å². The van der Waals surface area contributed by atoms with Crippen LogP contribution in [0.3, 0.4) is 0 Å². The zero-order valence-electron chi connectivity index (χ0n) is 17.0. The fourth-order valence-corrected chi connectivity index (χ4v) is 3.39. The Morgan fingerprint density at radius 1 is 1.42 bits per heavy atom. The molecule has 3 aromatic rings. The van der Waals surface area contributed by atoms with Gasteiger partial charge in [0.05, 0.1) is 11.6 Å². The number of carbonyl (C=O) groups excluding carboxylic acids is 1. The maximum Gasteiger partial charge on any atom is 0.419 e. The summed E-state index contributed by atoms with van der Waals surface area (Å²) in [6.07, 6.45) is 3.77. The first-order chi connectivity index (χ1) is 15.0. The minimum Gasteiger partial charge on any atom is -0.408 e. The number of rotatable bonds is 5. The highest BCUT2D eigenvalue weighted by atomic mass is 16.5. The van der Waals surface area contributed by atoms with Crippen LogP contribution in [-0.4, -0.2) is 52.3 Å². The molecule has 2 unspecified atom stereocenters. The second-order valence-electron chi connectivity index (χ2n) is 7.34. The molecular formula is C21H22N6O4. The lowest BCUT2D eigenvalue weighted by molar-refractivity contribution is -0.132. The number of ether oxygens (including phenoxy) is 1. The summed E-state index contributed by atoms with van der Waals surface area (Å²) in [5.74, 6) is -0.259. The van der Waals surface area contributed by atoms with Gasteiger partial charge in [-0.3, -0.25) is 9.36 Å². The van der Waals surface area contributed by atoms with Crippen LogP contribution < -0.4 is 16.4 Å². The van der Waals surface area contributed by atoms with Gasteiger partial charge in [0.1, 0.15) is 12.1 Å². The predicted molar refractivity (Wildman–Crippen MR) is 111 cm³/mol. The Morgan fingerprint density at radius 3 is 3.00 bits per heavy atom. The molecular weight excluding hydrogens is 400 g/mol. The third kappa shape index (κ3) is 4.63. The van der Waals surface area contributed by atoms with Crippen molar-refractivity contribution in [2.24, 2.45) is 7.05 Å². The highest BCUT2D eigenvalue weighted by Crippen LogP contribution is 2.21. The number of amides is 1. The van der Waals surface area contributed by atoms with Crippen LogP contribution in [0.15, 0.2) is 39.8 Å². The first-order valence-electron chi connectivity index (χ1n) is 9.98. The minimum atomic E-state index is -0.717. The van der Waals surface area contributed by atoms with Crippen molar-refractivity contribution in [2.75, 3.05) is 19.7 Å². The van der Waals surface area contributed by atoms with Crippen molar-refractivity contribution in [3.8, 4) is 17.5 Å². The molecule has 0 aliphatic carbocycles. The summed E-state index contributed by atoms with van der Waals surface area (Å²) in [6, 6.07) is 6.65. The number of fused-ring (bicyclic) bond motifs is 1. The van der Waals surface area contributed by atoms with Gasteiger partial charge in [0.25, 0.3) is 5.91 Å². The second-order valence-corrected chi connectivity index (χ2v) is 7.34. The van der Waals surface area contributed by atoms with E-state index in [1.54, 1.807) is 37.6 Å². The van der Waals surface area contributed by atoms with E-state index in [1.165, 1.54) is 4.57 Å². The van der Waals surface area contributed by atoms with E-state index >= 15 is 0 Å². The Morgan fingerprint density at radius 2 is 2.23 bits per heavy atom. The van der Waals surface area contributed by atoms with Gasteiger partial charge >= 0.3 is 5.76 Å². The van der Waals surface area contributed by atoms with Crippen LogP contribution in [0.25, 0.3) is 22.5 Å². The second kappa shape index (κ2) is 9.07. The number of benzene rings is 1. The van der Waals surface area contributed by atoms with E-state index in [1.807, 2.05) is 0 Å². The minimum absolute atomic E-state index is 0.276. The van der Waals surface area contributed by atoms with Crippen LogP contribution in [0.4, 0.5) is 0 Å². The Kier molecular flexibility index (Phi) is 6.06. The zero-order chi connectivity index (χ0) is 21.8. The monoisotopic (exact) mass is 422 g/mol. The van der Waals surface area contributed by atoms with Crippen LogP contribution in [-0.2, 0) is 23.0 Å². The number of aromatic nitrogens is 3. The molecule has 1 aromatic carbocycles. The smallest absolute Gasteiger partial charge is 0.408 e. The molecule has 3 heterocycles. The standard InChI is InChI=1S/C21H22N6O4/c1-27-16-8-14(3-4-17(16)31-21(27)29)19-24-10-13(11-25-19)7-15(9-22)26-20(28)18-12-23-5-2-6-30-18/h3-4,8,10-11,15,18,23H,2,5-7,12H2,1H3,(H,26,28). The molecule has 10 heteroatoms. The number of oxazole rings is 1. The van der Waals surface area contributed by atoms with E-state index in [-0.39, 0.29) is 12.3 Å². The summed E-state index contributed by atoms with van der Waals surface area (Å²) in [4.78, 5) is 32.8. The summed E-state index contributed by atoms with van der Waals surface area (Å²) >= 11 is 0. The van der Waals surface area contributed by atoms with E-state index in [9.17, 15) is 14.9 Å². The molecule has 10 nitrogen and oxygen atoms in total. The summed E-state index contributed by atoms with van der Waals surface area (Å²) in [7, 11) is 1.63. The van der Waals surface area contributed by atoms with Gasteiger partial charge in [-0.25, -0.2) is 14.8 Å². The highest BCUT2D eigenvalue weighted by Gasteiger charge is 2.23. The topological polar surface area (TPSA) is 135 Å². The van der Waals surface area contributed by atoms with Crippen molar-refractivity contribution in [3.05, 3.63) is 46.7 Å². The molecule has 0 bridgehead atoms. The molecule has 1 fully saturated rings. The molecule has 2 atom stereocenters. The van der Waals surface area contributed by atoms with Crippen LogP contribution in [0.1, 0.15) is 12.0 Å². The summed E-state index contributed by atoms with van der Waals surface area (Å²) in [6.45, 7) is 1.74. The Labute approximate surface area is 177 Å². The number of hydrogen-bond donors (Lipinski definition) is 2. The molecule has 1 amide bonds. The number of nitrogens with one attached hydrogen (secondary N) is 2. The number of nitriles is 1. The first-order valence-corrected chi connectivity index (χ1v) is 9.98. The molecule has 0 spiro atoms. The van der Waals surface area contributed by atoms with E-state index < -0.39 is 17.9 Å². The van der Waals surface area contributed by atoms with E-state index in [2.05, 4.69) is 26.7 Å². The van der Waals surface area contributed by atoms with Gasteiger partial charge in [-0.05, 0) is 36.7 Å². The molecule has 31 heavy (non-hydrogen) atoms. The number of nitrogens with zero attached hydrogens (tertiary/aromatic N) is 4. The van der Waals surface area contributed by atoms with Gasteiger partial charge in [-0.15, -0.1) is 0 Å². The molecule has 1 saturated heterocycles. The molecule has 2 N–H and O–H groups in total. The molecule has 1 aliphatic heterocycles. The Hall–Kier alpha value is -3.55. The lowest BCUT2D eigenvalue weighted by atomic mass is 10.1. The molecule has 0 radical (unpaired) electrons. The summed E-state index contributed by atoms with van der Waals surface area (Å²) in [5, 5.41) is 15.3. The lowest BCUT2D eigenvalue weighted by Crippen LogP contribution is -2.46. The number of aryl methyl sites for hydroxylation is 1. The van der Waals surface area contributed by atoms with E-state index in [4.69, 9.17) is 9.15 Å². The zero-order valence-corrected chi connectivity index (χ0v) is 17.0. The van der Waals surface area contributed by atoms with Crippen LogP contribution in [0.5, 0.6) is 0 Å². The summed E-state index contributed by atoms with van der Waals surface area (Å²) in [5.41, 5.74) is 2.59. The van der Waals surface area contributed by atoms with Gasteiger partial charge in [-0.1, -0.05) is 0 Å². The highest BCUT2D eigenvalue weighted by molar-refractivity contribution is 5.81. The van der Waals surface area contributed by atoms with E-state index in [0.29, 0.717) is 35.6 Å². The van der Waals surface area contributed by atoms with Crippen molar-refractivity contribution >= 4 is 17.0 Å². The lowest BCUT2D eigenvalue weighted by Gasteiger charge is -2.17. The number of carbonyl (C=O) groups is 1. The predicted octanol–water partition coefficient (Wildman–Crippen LogP) is 0.518. The summed E-state index contributed by atoms with van der Waals surface area (Å²) < 4.78 is 12.1. The maximum atomic E-state index is 12.4. The average molecular weight is 422 g/mol. The van der Waals surface area contributed by atoms with Crippen molar-refractivity contribution in [1.29, 1.82) is 5.26 Å². The van der Waals surface area contributed by atoms with Crippen molar-refractivity contribution in [1.82, 2.24) is 25.2 Å². The third-order valence-electron chi connectivity index (χ3n) is 5.11. The van der Waals surface area contributed by atoms with Crippen molar-refractivity contribution in [2.45, 2.75) is 25.0 Å². The fraction of sp³-hybridized carbons (Fsp3) is 0.381. The van der Waals surface area contributed by atoms with Crippen molar-refractivity contribution < 1.29 is 13.9 Å². The van der Waals surface area contributed by atoms with Crippen LogP contribution >= 0.6 is 0 Å². The molecule has 4 rings (SSSR count). The largest absolute Gasteiger partial charge is 0.419 e. The average Bonchev–Trinajstić information content (AvgIpc) is 2.96. The van der Waals surface area contributed by atoms with Gasteiger partial charge in [0.15, 0.2) is 11.4 Å². The normalized spacial score (nSPS) is 17.6. The Balaban J connectivity index is 1.43. The quantitative estimate of drug-likeness (QED) is 0.607. The Bertz CT molecular complexity index is 1170. The van der Waals surface area contributed by atoms with Crippen LogP contribution in [0, 0.1) is 11.3 Å². The fourth-order valence-electron chi connectivity index (χ4n) is 3.39. The number of hydrogen-bond acceptors (Lipinski definition) is 8. The molecule has 1 aliphatic rings. The third-order valence-corrected chi connectivity index (χ3v) is 5.11. The maximum absolute atomic E-state index is 12.4. The first kappa shape index (κ1) is 20.7. The van der Waals surface area contributed by atoms with Gasteiger partial charge in [0.2, 0.25) is 0 Å². The van der Waals surface area contributed by atoms with Gasteiger partial charge in [-0.2, -0.15) is 5.26 Å². The van der Waals surface area contributed by atoms with Crippen molar-refractivity contribution in [3.63, 3.8) is 0 Å². The van der Waals surface area contributed by atoms with Crippen LogP contribution in [0.2, 0.25) is 0 Å². The van der Waals surface area contributed by atoms with Gasteiger partial charge in [0, 0.05) is 44.6 Å². The molecule has 2 aromatic heterocycles. The molecule has 160 valence electrons.